The van der Waals surface area contributed by atoms with Crippen LogP contribution in [0, 0.1) is 0 Å². The van der Waals surface area contributed by atoms with Gasteiger partial charge in [-0.2, -0.15) is 0 Å². The molecule has 164 valence electrons. The third-order valence-corrected chi connectivity index (χ3v) is 6.72. The molecule has 0 radical (unpaired) electrons. The van der Waals surface area contributed by atoms with E-state index in [-0.39, 0.29) is 57.5 Å². The Morgan fingerprint density at radius 2 is 1.00 bits per heavy atom. The summed E-state index contributed by atoms with van der Waals surface area (Å²) in [5.41, 5.74) is 0. The van der Waals surface area contributed by atoms with Gasteiger partial charge in [0.15, 0.2) is 0 Å². The standard InChI is InChI=1S/C22H46O4S.K/c1-3-4-5-16-19-22(27(24,25)26)20-17-14-12-10-8-6-7-9-11-13-15-18-21(2)23;/h21-23H,3-20H2,1-2H3,(H,24,25,26);/q;+1/p-1. The van der Waals surface area contributed by atoms with Crippen molar-refractivity contribution in [1.29, 1.82) is 0 Å². The summed E-state index contributed by atoms with van der Waals surface area (Å²) in [5, 5.41) is 8.53. The van der Waals surface area contributed by atoms with Crippen LogP contribution in [0.5, 0.6) is 0 Å². The van der Waals surface area contributed by atoms with Crippen molar-refractivity contribution in [2.75, 3.05) is 0 Å². The van der Waals surface area contributed by atoms with Crippen molar-refractivity contribution in [3.63, 3.8) is 0 Å². The van der Waals surface area contributed by atoms with E-state index >= 15 is 0 Å². The van der Waals surface area contributed by atoms with Gasteiger partial charge in [0, 0.05) is 5.25 Å². The van der Waals surface area contributed by atoms with Crippen molar-refractivity contribution in [3.8, 4) is 0 Å². The quantitative estimate of drug-likeness (QED) is 0.177. The minimum atomic E-state index is -4.14. The summed E-state index contributed by atoms with van der Waals surface area (Å²) >= 11 is 0. The maximum Gasteiger partial charge on any atom is 1.00 e. The Bertz CT molecular complexity index is 413. The van der Waals surface area contributed by atoms with Crippen molar-refractivity contribution < 1.29 is 69.5 Å². The maximum absolute atomic E-state index is 11.4. The molecule has 28 heavy (non-hydrogen) atoms. The third-order valence-electron chi connectivity index (χ3n) is 5.44. The summed E-state index contributed by atoms with van der Waals surface area (Å²) in [7, 11) is -4.14. The molecule has 0 aliphatic carbocycles. The number of rotatable bonds is 20. The predicted molar refractivity (Wildman–Crippen MR) is 114 cm³/mol. The van der Waals surface area contributed by atoms with Gasteiger partial charge in [-0.25, -0.2) is 8.42 Å². The molecule has 0 fully saturated rings. The minimum absolute atomic E-state index is 0. The third kappa shape index (κ3) is 22.2. The van der Waals surface area contributed by atoms with Gasteiger partial charge in [-0.05, 0) is 26.2 Å². The van der Waals surface area contributed by atoms with E-state index in [1.54, 1.807) is 0 Å². The Morgan fingerprint density at radius 1 is 0.679 bits per heavy atom. The zero-order chi connectivity index (χ0) is 20.4. The fraction of sp³-hybridized carbons (Fsp3) is 1.00. The molecule has 0 amide bonds. The van der Waals surface area contributed by atoms with E-state index in [2.05, 4.69) is 6.92 Å². The molecule has 0 aromatic rings. The first-order valence-corrected chi connectivity index (χ1v) is 13.0. The van der Waals surface area contributed by atoms with Gasteiger partial charge < -0.3 is 9.66 Å². The van der Waals surface area contributed by atoms with Crippen molar-refractivity contribution in [2.45, 2.75) is 141 Å². The number of unbranched alkanes of at least 4 members (excludes halogenated alkanes) is 13. The Kier molecular flexibility index (Phi) is 24.6. The first-order valence-electron chi connectivity index (χ1n) is 11.5. The molecular formula is C22H45KO4S. The van der Waals surface area contributed by atoms with Crippen molar-refractivity contribution in [1.82, 2.24) is 0 Å². The monoisotopic (exact) mass is 444 g/mol. The van der Waals surface area contributed by atoms with E-state index in [1.807, 2.05) is 6.92 Å². The molecule has 0 aliphatic rings. The summed E-state index contributed by atoms with van der Waals surface area (Å²) in [5.74, 6) is 0. The van der Waals surface area contributed by atoms with E-state index in [1.165, 1.54) is 44.9 Å². The van der Waals surface area contributed by atoms with Crippen LogP contribution in [-0.2, 0) is 10.1 Å². The minimum Gasteiger partial charge on any atom is -0.748 e. The van der Waals surface area contributed by atoms with E-state index < -0.39 is 15.4 Å². The average Bonchev–Trinajstić information content (AvgIpc) is 2.59. The van der Waals surface area contributed by atoms with Crippen molar-refractivity contribution in [2.24, 2.45) is 0 Å². The van der Waals surface area contributed by atoms with Crippen molar-refractivity contribution in [3.05, 3.63) is 0 Å². The van der Waals surface area contributed by atoms with Crippen LogP contribution in [0.15, 0.2) is 0 Å². The summed E-state index contributed by atoms with van der Waals surface area (Å²) in [4.78, 5) is 0. The first kappa shape index (κ1) is 31.7. The van der Waals surface area contributed by atoms with Gasteiger partial charge in [-0.3, -0.25) is 0 Å². The van der Waals surface area contributed by atoms with Crippen molar-refractivity contribution >= 4 is 10.1 Å². The number of aliphatic hydroxyl groups is 1. The molecule has 0 aliphatic heterocycles. The molecule has 2 atom stereocenters. The molecule has 0 heterocycles. The molecule has 2 unspecified atom stereocenters. The molecular weight excluding hydrogens is 399 g/mol. The second-order valence-electron chi connectivity index (χ2n) is 8.28. The Balaban J connectivity index is 0. The summed E-state index contributed by atoms with van der Waals surface area (Å²) in [6.45, 7) is 3.98. The Morgan fingerprint density at radius 3 is 1.32 bits per heavy atom. The molecule has 6 heteroatoms. The largest absolute Gasteiger partial charge is 1.00 e. The molecule has 0 saturated heterocycles. The predicted octanol–water partition coefficient (Wildman–Crippen LogP) is 3.33. The van der Waals surface area contributed by atoms with Gasteiger partial charge >= 0.3 is 51.4 Å². The van der Waals surface area contributed by atoms with E-state index in [0.29, 0.717) is 12.8 Å². The second-order valence-corrected chi connectivity index (χ2v) is 9.93. The molecule has 0 saturated carbocycles. The van der Waals surface area contributed by atoms with Gasteiger partial charge in [0.2, 0.25) is 0 Å². The summed E-state index contributed by atoms with van der Waals surface area (Å²) in [6, 6.07) is 0. The van der Waals surface area contributed by atoms with Crippen LogP contribution in [-0.4, -0.2) is 29.4 Å². The smallest absolute Gasteiger partial charge is 0.748 e. The normalized spacial score (nSPS) is 13.9. The average molecular weight is 445 g/mol. The zero-order valence-electron chi connectivity index (χ0n) is 19.0. The molecule has 1 N–H and O–H groups in total. The van der Waals surface area contributed by atoms with Crippen LogP contribution in [0.3, 0.4) is 0 Å². The fourth-order valence-electron chi connectivity index (χ4n) is 3.63. The van der Waals surface area contributed by atoms with Gasteiger partial charge in [0.1, 0.15) is 0 Å². The van der Waals surface area contributed by atoms with E-state index in [4.69, 9.17) is 0 Å². The summed E-state index contributed by atoms with van der Waals surface area (Å²) < 4.78 is 34.2. The van der Waals surface area contributed by atoms with Crippen LogP contribution in [0.1, 0.15) is 129 Å². The Hall–Kier alpha value is 1.51. The maximum atomic E-state index is 11.4. The molecule has 0 aromatic heterocycles. The van der Waals surface area contributed by atoms with E-state index in [0.717, 1.165) is 57.8 Å². The van der Waals surface area contributed by atoms with Crippen LogP contribution in [0.4, 0.5) is 0 Å². The molecule has 0 rings (SSSR count). The zero-order valence-corrected chi connectivity index (χ0v) is 22.9. The van der Waals surface area contributed by atoms with Crippen LogP contribution < -0.4 is 51.4 Å². The topological polar surface area (TPSA) is 77.4 Å². The van der Waals surface area contributed by atoms with Gasteiger partial charge in [-0.15, -0.1) is 0 Å². The molecule has 0 bridgehead atoms. The fourth-order valence-corrected chi connectivity index (χ4v) is 4.55. The number of hydrogen-bond donors (Lipinski definition) is 1. The van der Waals surface area contributed by atoms with Crippen LogP contribution in [0.2, 0.25) is 0 Å². The molecule has 0 spiro atoms. The molecule has 4 nitrogen and oxygen atoms in total. The van der Waals surface area contributed by atoms with Crippen LogP contribution in [0.25, 0.3) is 0 Å². The summed E-state index contributed by atoms with van der Waals surface area (Å²) in [6.07, 6.45) is 19.0. The van der Waals surface area contributed by atoms with Gasteiger partial charge in [-0.1, -0.05) is 103 Å². The first-order chi connectivity index (χ1) is 12.9. The SMILES string of the molecule is CCCCCCC(CCCCCCCCCCCCCC(C)O)S(=O)(=O)[O-].[K+]. The second kappa shape index (κ2) is 21.7. The number of hydrogen-bond acceptors (Lipinski definition) is 4. The number of aliphatic hydroxyl groups excluding tert-OH is 1. The van der Waals surface area contributed by atoms with Crippen LogP contribution >= 0.6 is 0 Å². The Labute approximate surface area is 218 Å². The van der Waals surface area contributed by atoms with Gasteiger partial charge in [0.25, 0.3) is 0 Å². The van der Waals surface area contributed by atoms with E-state index in [9.17, 15) is 18.1 Å². The van der Waals surface area contributed by atoms with Gasteiger partial charge in [0.05, 0.1) is 16.2 Å². The molecule has 0 aromatic carbocycles.